The molecule has 50 valence electrons. The Morgan fingerprint density at radius 1 is 1.67 bits per heavy atom. The molecule has 1 aromatic heterocycles. The predicted molar refractivity (Wildman–Crippen MR) is 35.6 cm³/mol. The van der Waals surface area contributed by atoms with Crippen molar-refractivity contribution < 1.29 is 4.74 Å². The molecule has 0 aliphatic heterocycles. The fourth-order valence-corrected chi connectivity index (χ4v) is 1.25. The van der Waals surface area contributed by atoms with E-state index in [9.17, 15) is 0 Å². The minimum Gasteiger partial charge on any atom is -0.377 e. The first-order valence-corrected chi connectivity index (χ1v) is 3.49. The Hall–Kier alpha value is -0.190. The summed E-state index contributed by atoms with van der Waals surface area (Å²) in [7, 11) is 1.61. The molecule has 1 heterocycles. The molecule has 9 heavy (non-hydrogen) atoms. The van der Waals surface area contributed by atoms with Crippen molar-refractivity contribution in [3.05, 3.63) is 9.47 Å². The normalized spacial score (nSPS) is 10.0. The maximum Gasteiger partial charge on any atom is 0.207 e. The van der Waals surface area contributed by atoms with Gasteiger partial charge in [0.1, 0.15) is 11.6 Å². The van der Waals surface area contributed by atoms with Crippen LogP contribution in [-0.4, -0.2) is 17.3 Å². The zero-order chi connectivity index (χ0) is 6.69. The molecule has 0 amide bonds. The van der Waals surface area contributed by atoms with Crippen molar-refractivity contribution in [3.8, 4) is 0 Å². The maximum absolute atomic E-state index is 5.49. The maximum atomic E-state index is 5.49. The van der Waals surface area contributed by atoms with Crippen molar-refractivity contribution in [2.75, 3.05) is 7.11 Å². The molecule has 5 heteroatoms. The van der Waals surface area contributed by atoms with Crippen LogP contribution in [0, 0.1) is 0 Å². The van der Waals surface area contributed by atoms with Crippen molar-refractivity contribution in [1.29, 1.82) is 0 Å². The topological polar surface area (TPSA) is 35.0 Å². The van der Waals surface area contributed by atoms with E-state index >= 15 is 0 Å². The summed E-state index contributed by atoms with van der Waals surface area (Å²) in [5, 5.41) is 8.11. The van der Waals surface area contributed by atoms with E-state index in [4.69, 9.17) is 16.3 Å². The van der Waals surface area contributed by atoms with Gasteiger partial charge in [-0.2, -0.15) is 0 Å². The van der Waals surface area contributed by atoms with Gasteiger partial charge in [-0.3, -0.25) is 0 Å². The third-order valence-electron chi connectivity index (χ3n) is 0.710. The smallest absolute Gasteiger partial charge is 0.207 e. The zero-order valence-corrected chi connectivity index (χ0v) is 6.37. The van der Waals surface area contributed by atoms with Crippen LogP contribution >= 0.6 is 22.9 Å². The lowest BCUT2D eigenvalue weighted by atomic mass is 10.8. The Kier molecular flexibility index (Phi) is 2.38. The highest BCUT2D eigenvalue weighted by molar-refractivity contribution is 7.15. The van der Waals surface area contributed by atoms with Gasteiger partial charge in [-0.25, -0.2) is 0 Å². The highest BCUT2D eigenvalue weighted by Crippen LogP contribution is 2.14. The van der Waals surface area contributed by atoms with Crippen LogP contribution < -0.4 is 0 Å². The average molecular weight is 165 g/mol. The van der Waals surface area contributed by atoms with E-state index in [0.29, 0.717) is 11.1 Å². The number of aromatic nitrogens is 2. The lowest BCUT2D eigenvalue weighted by Gasteiger charge is -1.86. The van der Waals surface area contributed by atoms with Crippen molar-refractivity contribution in [1.82, 2.24) is 10.2 Å². The first-order chi connectivity index (χ1) is 4.33. The number of ether oxygens (including phenoxy) is 1. The number of halogens is 1. The second-order valence-electron chi connectivity index (χ2n) is 1.38. The summed E-state index contributed by atoms with van der Waals surface area (Å²) >= 11 is 6.82. The van der Waals surface area contributed by atoms with Crippen molar-refractivity contribution in [3.63, 3.8) is 0 Å². The summed E-state index contributed by atoms with van der Waals surface area (Å²) in [5.74, 6) is 0. The van der Waals surface area contributed by atoms with E-state index in [1.54, 1.807) is 7.11 Å². The number of methoxy groups -OCH3 is 1. The van der Waals surface area contributed by atoms with Gasteiger partial charge in [0.15, 0.2) is 0 Å². The Balaban J connectivity index is 2.61. The number of hydrogen-bond donors (Lipinski definition) is 0. The fourth-order valence-electron chi connectivity index (χ4n) is 0.415. The summed E-state index contributed by atoms with van der Waals surface area (Å²) in [4.78, 5) is 0. The van der Waals surface area contributed by atoms with Crippen LogP contribution in [0.2, 0.25) is 4.47 Å². The highest BCUT2D eigenvalue weighted by atomic mass is 35.5. The van der Waals surface area contributed by atoms with Crippen LogP contribution in [0.5, 0.6) is 0 Å². The molecule has 0 saturated heterocycles. The zero-order valence-electron chi connectivity index (χ0n) is 4.80. The van der Waals surface area contributed by atoms with Gasteiger partial charge in [-0.1, -0.05) is 11.3 Å². The van der Waals surface area contributed by atoms with Crippen molar-refractivity contribution in [2.24, 2.45) is 0 Å². The summed E-state index contributed by atoms with van der Waals surface area (Å²) in [6.07, 6.45) is 0. The molecule has 0 fully saturated rings. The predicted octanol–water partition coefficient (Wildman–Crippen LogP) is 1.34. The molecule has 0 N–H and O–H groups in total. The van der Waals surface area contributed by atoms with Gasteiger partial charge in [0.2, 0.25) is 4.47 Å². The first-order valence-electron chi connectivity index (χ1n) is 2.29. The quantitative estimate of drug-likeness (QED) is 0.662. The van der Waals surface area contributed by atoms with E-state index in [0.717, 1.165) is 5.01 Å². The van der Waals surface area contributed by atoms with Crippen LogP contribution in [0.3, 0.4) is 0 Å². The molecule has 1 aromatic rings. The summed E-state index contributed by atoms with van der Waals surface area (Å²) in [6.45, 7) is 0.490. The molecular formula is C4H5ClN2OS. The minimum atomic E-state index is 0.460. The van der Waals surface area contributed by atoms with Crippen molar-refractivity contribution in [2.45, 2.75) is 6.61 Å². The summed E-state index contributed by atoms with van der Waals surface area (Å²) in [6, 6.07) is 0. The van der Waals surface area contributed by atoms with E-state index in [2.05, 4.69) is 10.2 Å². The van der Waals surface area contributed by atoms with Crippen LogP contribution in [0.4, 0.5) is 0 Å². The molecule has 0 spiro atoms. The largest absolute Gasteiger partial charge is 0.377 e. The lowest BCUT2D eigenvalue weighted by molar-refractivity contribution is 0.184. The molecule has 0 bridgehead atoms. The highest BCUT2D eigenvalue weighted by Gasteiger charge is 1.98. The third-order valence-corrected chi connectivity index (χ3v) is 1.70. The van der Waals surface area contributed by atoms with Crippen LogP contribution in [0.25, 0.3) is 0 Å². The number of nitrogens with zero attached hydrogens (tertiary/aromatic N) is 2. The lowest BCUT2D eigenvalue weighted by Crippen LogP contribution is -1.84. The number of rotatable bonds is 2. The van der Waals surface area contributed by atoms with Gasteiger partial charge >= 0.3 is 0 Å². The van der Waals surface area contributed by atoms with Crippen LogP contribution in [0.15, 0.2) is 0 Å². The second kappa shape index (κ2) is 3.10. The molecule has 0 unspecified atom stereocenters. The minimum absolute atomic E-state index is 0.460. The monoisotopic (exact) mass is 164 g/mol. The molecule has 0 atom stereocenters. The van der Waals surface area contributed by atoms with E-state index in [1.807, 2.05) is 0 Å². The first kappa shape index (κ1) is 6.92. The standard InChI is InChI=1S/C4H5ClN2OS/c1-8-2-3-6-7-4(5)9-3/h2H2,1H3. The molecule has 0 saturated carbocycles. The SMILES string of the molecule is COCc1nnc(Cl)s1. The van der Waals surface area contributed by atoms with E-state index in [1.165, 1.54) is 11.3 Å². The van der Waals surface area contributed by atoms with Gasteiger partial charge < -0.3 is 4.74 Å². The van der Waals surface area contributed by atoms with Gasteiger partial charge in [-0.05, 0) is 11.6 Å². The Morgan fingerprint density at radius 3 is 2.89 bits per heavy atom. The molecule has 0 radical (unpaired) electrons. The van der Waals surface area contributed by atoms with E-state index in [-0.39, 0.29) is 0 Å². The fraction of sp³-hybridized carbons (Fsp3) is 0.500. The number of hydrogen-bond acceptors (Lipinski definition) is 4. The molecule has 3 nitrogen and oxygen atoms in total. The average Bonchev–Trinajstić information content (AvgIpc) is 2.17. The van der Waals surface area contributed by atoms with Gasteiger partial charge in [0.05, 0.1) is 0 Å². The van der Waals surface area contributed by atoms with Gasteiger partial charge in [0, 0.05) is 7.11 Å². The van der Waals surface area contributed by atoms with Crippen molar-refractivity contribution >= 4 is 22.9 Å². The van der Waals surface area contributed by atoms with E-state index < -0.39 is 0 Å². The molecule has 0 aliphatic rings. The van der Waals surface area contributed by atoms with Gasteiger partial charge in [0.25, 0.3) is 0 Å². The molecule has 0 aromatic carbocycles. The Labute approximate surface area is 61.6 Å². The Bertz CT molecular complexity index is 190. The van der Waals surface area contributed by atoms with Gasteiger partial charge in [-0.15, -0.1) is 10.2 Å². The van der Waals surface area contributed by atoms with Crippen LogP contribution in [0.1, 0.15) is 5.01 Å². The second-order valence-corrected chi connectivity index (χ2v) is 3.03. The molecule has 1 rings (SSSR count). The summed E-state index contributed by atoms with van der Waals surface area (Å²) in [5.41, 5.74) is 0. The third kappa shape index (κ3) is 1.89. The Morgan fingerprint density at radius 2 is 2.44 bits per heavy atom. The molecule has 0 aliphatic carbocycles. The molecular weight excluding hydrogens is 160 g/mol. The summed E-state index contributed by atoms with van der Waals surface area (Å²) < 4.78 is 5.25. The van der Waals surface area contributed by atoms with Crippen LogP contribution in [-0.2, 0) is 11.3 Å².